The van der Waals surface area contributed by atoms with Crippen molar-refractivity contribution in [1.29, 1.82) is 0 Å². The predicted molar refractivity (Wildman–Crippen MR) is 85.4 cm³/mol. The lowest BCUT2D eigenvalue weighted by Gasteiger charge is -2.11. The van der Waals surface area contributed by atoms with E-state index in [2.05, 4.69) is 15.3 Å². The zero-order chi connectivity index (χ0) is 14.7. The smallest absolute Gasteiger partial charge is 0.257 e. The van der Waals surface area contributed by atoms with Crippen LogP contribution in [-0.2, 0) is 0 Å². The van der Waals surface area contributed by atoms with Crippen molar-refractivity contribution in [2.24, 2.45) is 0 Å². The zero-order valence-electron chi connectivity index (χ0n) is 11.5. The van der Waals surface area contributed by atoms with Crippen LogP contribution in [0.15, 0.2) is 24.5 Å². The van der Waals surface area contributed by atoms with Gasteiger partial charge in [-0.3, -0.25) is 10.1 Å². The number of rotatable bonds is 4. The number of hydrogen-bond acceptors (Lipinski definition) is 6. The second kappa shape index (κ2) is 6.44. The van der Waals surface area contributed by atoms with Gasteiger partial charge in [0, 0.05) is 34.7 Å². The van der Waals surface area contributed by atoms with E-state index in [9.17, 15) is 4.79 Å². The highest BCUT2D eigenvalue weighted by Crippen LogP contribution is 2.23. The van der Waals surface area contributed by atoms with Crippen molar-refractivity contribution in [2.45, 2.75) is 19.4 Å². The molecule has 7 heteroatoms. The standard InChI is InChI=1S/C14H15N3O2S2/c1-9-7-16-14(21-9)17-13(18)10-2-4-15-12(6-10)19-11-3-5-20-8-11/h2,4,6-7,11H,3,5,8H2,1H3,(H,16,17,18)/t11-/m1/s1. The summed E-state index contributed by atoms with van der Waals surface area (Å²) in [5, 5.41) is 3.38. The van der Waals surface area contributed by atoms with Gasteiger partial charge in [-0.15, -0.1) is 11.3 Å². The highest BCUT2D eigenvalue weighted by molar-refractivity contribution is 7.99. The summed E-state index contributed by atoms with van der Waals surface area (Å²) in [6.45, 7) is 1.95. The Kier molecular flexibility index (Phi) is 4.40. The van der Waals surface area contributed by atoms with Crippen LogP contribution < -0.4 is 10.1 Å². The van der Waals surface area contributed by atoms with E-state index < -0.39 is 0 Å². The number of amides is 1. The normalized spacial score (nSPS) is 17.7. The third-order valence-electron chi connectivity index (χ3n) is 3.01. The van der Waals surface area contributed by atoms with E-state index in [0.29, 0.717) is 16.6 Å². The van der Waals surface area contributed by atoms with Crippen molar-refractivity contribution in [3.05, 3.63) is 35.0 Å². The van der Waals surface area contributed by atoms with Gasteiger partial charge in [0.2, 0.25) is 5.88 Å². The van der Waals surface area contributed by atoms with Gasteiger partial charge in [0.15, 0.2) is 5.13 Å². The number of anilines is 1. The predicted octanol–water partition coefficient (Wildman–Crippen LogP) is 2.98. The van der Waals surface area contributed by atoms with Crippen molar-refractivity contribution in [3.8, 4) is 5.88 Å². The third kappa shape index (κ3) is 3.74. The van der Waals surface area contributed by atoms with Crippen molar-refractivity contribution in [2.75, 3.05) is 16.8 Å². The van der Waals surface area contributed by atoms with Crippen LogP contribution in [0.25, 0.3) is 0 Å². The molecule has 0 unspecified atom stereocenters. The van der Waals surface area contributed by atoms with E-state index in [0.717, 1.165) is 22.8 Å². The first-order valence-electron chi connectivity index (χ1n) is 6.65. The molecule has 2 aromatic heterocycles. The number of nitrogens with one attached hydrogen (secondary N) is 1. The van der Waals surface area contributed by atoms with Crippen molar-refractivity contribution in [3.63, 3.8) is 0 Å². The molecule has 1 fully saturated rings. The molecule has 0 bridgehead atoms. The van der Waals surface area contributed by atoms with Gasteiger partial charge in [-0.25, -0.2) is 9.97 Å². The van der Waals surface area contributed by atoms with Crippen LogP contribution in [0.3, 0.4) is 0 Å². The number of aryl methyl sites for hydroxylation is 1. The molecule has 1 amide bonds. The van der Waals surface area contributed by atoms with E-state index in [1.807, 2.05) is 18.7 Å². The number of hydrogen-bond donors (Lipinski definition) is 1. The molecule has 3 rings (SSSR count). The highest BCUT2D eigenvalue weighted by atomic mass is 32.2. The third-order valence-corrected chi connectivity index (χ3v) is 4.97. The van der Waals surface area contributed by atoms with Crippen LogP contribution in [0.2, 0.25) is 0 Å². The number of aromatic nitrogens is 2. The molecular formula is C14H15N3O2S2. The molecule has 0 aliphatic carbocycles. The summed E-state index contributed by atoms with van der Waals surface area (Å²) in [6, 6.07) is 3.35. The Morgan fingerprint density at radius 1 is 1.48 bits per heavy atom. The number of carbonyl (C=O) groups is 1. The fourth-order valence-electron chi connectivity index (χ4n) is 1.97. The van der Waals surface area contributed by atoms with Gasteiger partial charge in [0.1, 0.15) is 6.10 Å². The van der Waals surface area contributed by atoms with E-state index in [1.165, 1.54) is 11.3 Å². The van der Waals surface area contributed by atoms with Crippen LogP contribution in [-0.4, -0.2) is 33.5 Å². The van der Waals surface area contributed by atoms with E-state index in [4.69, 9.17) is 4.74 Å². The second-order valence-electron chi connectivity index (χ2n) is 4.72. The molecule has 5 nitrogen and oxygen atoms in total. The summed E-state index contributed by atoms with van der Waals surface area (Å²) in [4.78, 5) is 21.5. The van der Waals surface area contributed by atoms with Crippen molar-refractivity contribution in [1.82, 2.24) is 9.97 Å². The second-order valence-corrected chi connectivity index (χ2v) is 7.10. The molecule has 0 spiro atoms. The van der Waals surface area contributed by atoms with Gasteiger partial charge in [-0.05, 0) is 25.2 Å². The first-order valence-corrected chi connectivity index (χ1v) is 8.62. The first kappa shape index (κ1) is 14.3. The minimum atomic E-state index is -0.197. The van der Waals surface area contributed by atoms with Crippen LogP contribution in [0.5, 0.6) is 5.88 Å². The lowest BCUT2D eigenvalue weighted by atomic mass is 10.2. The Bertz CT molecular complexity index is 639. The zero-order valence-corrected chi connectivity index (χ0v) is 13.2. The van der Waals surface area contributed by atoms with Gasteiger partial charge >= 0.3 is 0 Å². The molecule has 0 aromatic carbocycles. The van der Waals surface area contributed by atoms with Gasteiger partial charge in [0.25, 0.3) is 5.91 Å². The summed E-state index contributed by atoms with van der Waals surface area (Å²) in [5.74, 6) is 2.41. The summed E-state index contributed by atoms with van der Waals surface area (Å²) in [6.07, 6.45) is 4.56. The Morgan fingerprint density at radius 3 is 3.10 bits per heavy atom. The molecular weight excluding hydrogens is 306 g/mol. The van der Waals surface area contributed by atoms with Crippen molar-refractivity contribution >= 4 is 34.1 Å². The first-order chi connectivity index (χ1) is 10.2. The summed E-state index contributed by atoms with van der Waals surface area (Å²) < 4.78 is 5.80. The Hall–Kier alpha value is -1.60. The van der Waals surface area contributed by atoms with Gasteiger partial charge in [-0.1, -0.05) is 0 Å². The number of carbonyl (C=O) groups excluding carboxylic acids is 1. The average Bonchev–Trinajstić information content (AvgIpc) is 3.11. The minimum Gasteiger partial charge on any atom is -0.473 e. The molecule has 21 heavy (non-hydrogen) atoms. The molecule has 1 N–H and O–H groups in total. The van der Waals surface area contributed by atoms with Crippen molar-refractivity contribution < 1.29 is 9.53 Å². The SMILES string of the molecule is Cc1cnc(NC(=O)c2ccnc(O[C@@H]3CCSC3)c2)s1. The van der Waals surface area contributed by atoms with E-state index in [-0.39, 0.29) is 12.0 Å². The quantitative estimate of drug-likeness (QED) is 0.938. The maximum atomic E-state index is 12.2. The lowest BCUT2D eigenvalue weighted by Crippen LogP contribution is -2.17. The minimum absolute atomic E-state index is 0.197. The molecule has 1 aliphatic heterocycles. The topological polar surface area (TPSA) is 64.1 Å². The van der Waals surface area contributed by atoms with Gasteiger partial charge in [0.05, 0.1) is 0 Å². The van der Waals surface area contributed by atoms with E-state index >= 15 is 0 Å². The van der Waals surface area contributed by atoms with Crippen LogP contribution in [0, 0.1) is 6.92 Å². The van der Waals surface area contributed by atoms with Gasteiger partial charge < -0.3 is 4.74 Å². The average molecular weight is 321 g/mol. The summed E-state index contributed by atoms with van der Waals surface area (Å²) in [7, 11) is 0. The fourth-order valence-corrected chi connectivity index (χ4v) is 3.73. The maximum absolute atomic E-state index is 12.2. The van der Waals surface area contributed by atoms with Crippen LogP contribution in [0.1, 0.15) is 21.7 Å². The Balaban J connectivity index is 1.68. The molecule has 110 valence electrons. The number of nitrogens with zero attached hydrogens (tertiary/aromatic N) is 2. The molecule has 3 heterocycles. The summed E-state index contributed by atoms with van der Waals surface area (Å²) in [5.41, 5.74) is 0.526. The molecule has 0 radical (unpaired) electrons. The Labute approximate surface area is 131 Å². The largest absolute Gasteiger partial charge is 0.473 e. The molecule has 1 atom stereocenters. The summed E-state index contributed by atoms with van der Waals surface area (Å²) >= 11 is 3.33. The fraction of sp³-hybridized carbons (Fsp3) is 0.357. The van der Waals surface area contributed by atoms with Gasteiger partial charge in [-0.2, -0.15) is 11.8 Å². The maximum Gasteiger partial charge on any atom is 0.257 e. The number of thioether (sulfide) groups is 1. The molecule has 1 aliphatic rings. The van der Waals surface area contributed by atoms with Crippen LogP contribution in [0.4, 0.5) is 5.13 Å². The number of thiazole rings is 1. The molecule has 2 aromatic rings. The monoisotopic (exact) mass is 321 g/mol. The van der Waals surface area contributed by atoms with Crippen LogP contribution >= 0.6 is 23.1 Å². The number of pyridine rings is 1. The van der Waals surface area contributed by atoms with E-state index in [1.54, 1.807) is 24.5 Å². The highest BCUT2D eigenvalue weighted by Gasteiger charge is 2.18. The number of ether oxygens (including phenoxy) is 1. The molecule has 0 saturated carbocycles. The lowest BCUT2D eigenvalue weighted by molar-refractivity contribution is 0.102. The Morgan fingerprint density at radius 2 is 2.38 bits per heavy atom. The molecule has 1 saturated heterocycles.